The molecule has 0 spiro atoms. The second-order valence-electron chi connectivity index (χ2n) is 14.7. The van der Waals surface area contributed by atoms with Crippen LogP contribution in [0.25, 0.3) is 0 Å². The first kappa shape index (κ1) is 49.7. The fraction of sp³-hybridized carbons (Fsp3) is 0.632. The zero-order chi connectivity index (χ0) is 43.2. The second kappa shape index (κ2) is 25.8. The van der Waals surface area contributed by atoms with Gasteiger partial charge in [-0.05, 0) is 42.6 Å². The van der Waals surface area contributed by atoms with Gasteiger partial charge in [-0.2, -0.15) is 0 Å². The van der Waals surface area contributed by atoms with Gasteiger partial charge in [0.25, 0.3) is 0 Å². The number of guanidine groups is 1. The molecule has 0 saturated heterocycles. The summed E-state index contributed by atoms with van der Waals surface area (Å²) in [4.78, 5) is 96.1. The summed E-state index contributed by atoms with van der Waals surface area (Å²) < 4.78 is 0. The van der Waals surface area contributed by atoms with E-state index in [1.165, 1.54) is 0 Å². The van der Waals surface area contributed by atoms with Crippen LogP contribution in [0.4, 0.5) is 0 Å². The van der Waals surface area contributed by atoms with Gasteiger partial charge in [-0.25, -0.2) is 0 Å². The molecular weight excluding hydrogens is 738 g/mol. The van der Waals surface area contributed by atoms with Crippen molar-refractivity contribution in [1.82, 2.24) is 31.9 Å². The first-order valence-electron chi connectivity index (χ1n) is 19.4. The Hall–Kier alpha value is -5.30. The van der Waals surface area contributed by atoms with E-state index in [9.17, 15) is 38.7 Å². The summed E-state index contributed by atoms with van der Waals surface area (Å²) in [5.74, 6) is -5.81. The van der Waals surface area contributed by atoms with Crippen molar-refractivity contribution in [2.75, 3.05) is 19.7 Å². The quantitative estimate of drug-likeness (QED) is 0.0270. The Balaban J connectivity index is 3.24. The summed E-state index contributed by atoms with van der Waals surface area (Å²) in [6.45, 7) is 9.76. The molecule has 19 heteroatoms. The lowest BCUT2D eigenvalue weighted by Crippen LogP contribution is -2.59. The van der Waals surface area contributed by atoms with Crippen LogP contribution >= 0.6 is 0 Å². The number of benzene rings is 1. The Kier molecular flexibility index (Phi) is 22.5. The molecule has 0 aliphatic heterocycles. The third-order valence-electron chi connectivity index (χ3n) is 9.42. The zero-order valence-electron chi connectivity index (χ0n) is 34.0. The summed E-state index contributed by atoms with van der Waals surface area (Å²) in [6, 6.07) is 2.08. The lowest BCUT2D eigenvalue weighted by molar-refractivity contribution is -0.135. The summed E-state index contributed by atoms with van der Waals surface area (Å²) in [5, 5.41) is 25.0. The molecule has 1 aromatic rings. The van der Waals surface area contributed by atoms with Gasteiger partial charge in [0.1, 0.15) is 36.3 Å². The van der Waals surface area contributed by atoms with Crippen molar-refractivity contribution < 1.29 is 38.7 Å². The standard InChI is InChI=1S/C38H65N11O8/c1-7-22(5)30(32(40)52)48-36(56)28(18-24-13-10-9-11-14-24)47-34(54)26(15-12-16-43-38(41)42)45-29(51)19-44-37(57)31(23(6)8-2)49-35(55)27(17-21(3)4)46-33(53)25(39)20-50/h9-11,13-14,21-23,25-28,30-31,50H,7-8,12,15-20,39H2,1-6H3,(H2,40,52)(H,44,57)(H,45,51)(H,46,53)(H,47,54)(H,48,56)(H,49,55)(H4,41,42,43)/t22-,23-,25-,26-,27-,28-,30-,31-/m0/s1. The van der Waals surface area contributed by atoms with Crippen molar-refractivity contribution in [3.8, 4) is 0 Å². The molecule has 1 rings (SSSR count). The fourth-order valence-electron chi connectivity index (χ4n) is 5.63. The highest BCUT2D eigenvalue weighted by atomic mass is 16.3. The van der Waals surface area contributed by atoms with Gasteiger partial charge in [0.2, 0.25) is 41.4 Å². The molecule has 15 N–H and O–H groups in total. The van der Waals surface area contributed by atoms with E-state index in [0.717, 1.165) is 0 Å². The molecule has 57 heavy (non-hydrogen) atoms. The predicted molar refractivity (Wildman–Crippen MR) is 215 cm³/mol. The van der Waals surface area contributed by atoms with Gasteiger partial charge in [-0.3, -0.25) is 38.6 Å². The van der Waals surface area contributed by atoms with E-state index in [1.54, 1.807) is 44.2 Å². The molecule has 7 amide bonds. The number of rotatable bonds is 26. The van der Waals surface area contributed by atoms with Gasteiger partial charge >= 0.3 is 0 Å². The number of nitrogens with one attached hydrogen (secondary N) is 6. The summed E-state index contributed by atoms with van der Waals surface area (Å²) in [6.07, 6.45) is 1.56. The van der Waals surface area contributed by atoms with Crippen LogP contribution in [0.1, 0.15) is 79.2 Å². The minimum absolute atomic E-state index is 0.0320. The predicted octanol–water partition coefficient (Wildman–Crippen LogP) is -2.23. The number of hydrogen-bond donors (Lipinski definition) is 11. The Morgan fingerprint density at radius 3 is 1.79 bits per heavy atom. The Morgan fingerprint density at radius 1 is 0.702 bits per heavy atom. The number of carbonyl (C=O) groups is 7. The monoisotopic (exact) mass is 804 g/mol. The summed E-state index contributed by atoms with van der Waals surface area (Å²) in [7, 11) is 0. The van der Waals surface area contributed by atoms with E-state index in [-0.39, 0.29) is 50.0 Å². The highest BCUT2D eigenvalue weighted by molar-refractivity contribution is 5.96. The number of aliphatic hydroxyl groups is 1. The van der Waals surface area contributed by atoms with Gasteiger partial charge in [-0.1, -0.05) is 84.7 Å². The van der Waals surface area contributed by atoms with Crippen molar-refractivity contribution in [3.63, 3.8) is 0 Å². The van der Waals surface area contributed by atoms with E-state index in [0.29, 0.717) is 18.4 Å². The van der Waals surface area contributed by atoms with Gasteiger partial charge in [0.05, 0.1) is 13.2 Å². The molecule has 19 nitrogen and oxygen atoms in total. The number of carbonyl (C=O) groups excluding carboxylic acids is 7. The lowest BCUT2D eigenvalue weighted by Gasteiger charge is -2.28. The van der Waals surface area contributed by atoms with Crippen LogP contribution in [-0.4, -0.2) is 108 Å². The fourth-order valence-corrected chi connectivity index (χ4v) is 5.63. The normalized spacial score (nSPS) is 15.2. The number of amides is 7. The largest absolute Gasteiger partial charge is 0.394 e. The number of nitrogens with zero attached hydrogens (tertiary/aromatic N) is 1. The number of primary amides is 1. The van der Waals surface area contributed by atoms with E-state index >= 15 is 0 Å². The van der Waals surface area contributed by atoms with E-state index in [2.05, 4.69) is 36.9 Å². The van der Waals surface area contributed by atoms with Crippen LogP contribution in [-0.2, 0) is 40.0 Å². The van der Waals surface area contributed by atoms with Gasteiger partial charge < -0.3 is 59.9 Å². The number of nitrogens with two attached hydrogens (primary N) is 4. The van der Waals surface area contributed by atoms with Crippen molar-refractivity contribution in [2.24, 2.45) is 45.7 Å². The number of aliphatic hydroxyl groups excluding tert-OH is 1. The molecule has 0 aliphatic carbocycles. The molecule has 0 heterocycles. The second-order valence-corrected chi connectivity index (χ2v) is 14.7. The first-order chi connectivity index (χ1) is 26.8. The molecule has 0 aromatic heterocycles. The third-order valence-corrected chi connectivity index (χ3v) is 9.42. The van der Waals surface area contributed by atoms with Gasteiger partial charge in [0, 0.05) is 13.0 Å². The third kappa shape index (κ3) is 18.5. The minimum atomic E-state index is -1.24. The molecule has 8 atom stereocenters. The zero-order valence-corrected chi connectivity index (χ0v) is 34.0. The smallest absolute Gasteiger partial charge is 0.243 e. The SMILES string of the molecule is CC[C@H](C)[C@H](NC(=O)[C@H](Cc1ccccc1)NC(=O)[C@H](CCCN=C(N)N)NC(=O)CNC(=O)[C@@H](NC(=O)[C@H](CC(C)C)NC(=O)[C@@H](N)CO)[C@@H](C)CC)C(N)=O. The minimum Gasteiger partial charge on any atom is -0.394 e. The van der Waals surface area contributed by atoms with Crippen molar-refractivity contribution in [2.45, 2.75) is 116 Å². The van der Waals surface area contributed by atoms with Crippen LogP contribution in [0, 0.1) is 17.8 Å². The maximum atomic E-state index is 13.8. The van der Waals surface area contributed by atoms with Crippen molar-refractivity contribution >= 4 is 47.3 Å². The highest BCUT2D eigenvalue weighted by Crippen LogP contribution is 2.12. The van der Waals surface area contributed by atoms with Crippen LogP contribution in [0.5, 0.6) is 0 Å². The van der Waals surface area contributed by atoms with Gasteiger partial charge in [0.15, 0.2) is 5.96 Å². The number of aliphatic imine (C=N–C) groups is 1. The van der Waals surface area contributed by atoms with Crippen molar-refractivity contribution in [1.29, 1.82) is 0 Å². The molecule has 0 aliphatic rings. The maximum absolute atomic E-state index is 13.8. The highest BCUT2D eigenvalue weighted by Gasteiger charge is 2.33. The average Bonchev–Trinajstić information content (AvgIpc) is 3.17. The van der Waals surface area contributed by atoms with Crippen LogP contribution in [0.2, 0.25) is 0 Å². The van der Waals surface area contributed by atoms with E-state index in [1.807, 2.05) is 27.7 Å². The molecule has 0 saturated carbocycles. The topological polar surface area (TPSA) is 328 Å². The molecule has 1 aromatic carbocycles. The molecule has 0 bridgehead atoms. The Morgan fingerprint density at radius 2 is 1.25 bits per heavy atom. The number of hydrogen-bond acceptors (Lipinski definition) is 10. The maximum Gasteiger partial charge on any atom is 0.243 e. The summed E-state index contributed by atoms with van der Waals surface area (Å²) >= 11 is 0. The average molecular weight is 804 g/mol. The molecule has 0 unspecified atom stereocenters. The molecular formula is C38H65N11O8. The first-order valence-corrected chi connectivity index (χ1v) is 19.4. The Bertz CT molecular complexity index is 1510. The van der Waals surface area contributed by atoms with E-state index < -0.39 is 96.7 Å². The lowest BCUT2D eigenvalue weighted by atomic mass is 9.96. The van der Waals surface area contributed by atoms with E-state index in [4.69, 9.17) is 22.9 Å². The Labute approximate surface area is 335 Å². The van der Waals surface area contributed by atoms with Crippen LogP contribution < -0.4 is 54.8 Å². The van der Waals surface area contributed by atoms with Crippen LogP contribution in [0.15, 0.2) is 35.3 Å². The van der Waals surface area contributed by atoms with Crippen LogP contribution in [0.3, 0.4) is 0 Å². The molecule has 0 fully saturated rings. The van der Waals surface area contributed by atoms with Crippen molar-refractivity contribution in [3.05, 3.63) is 35.9 Å². The molecule has 320 valence electrons. The van der Waals surface area contributed by atoms with Gasteiger partial charge in [-0.15, -0.1) is 0 Å². The summed E-state index contributed by atoms with van der Waals surface area (Å²) in [5.41, 5.74) is 22.8. The molecule has 0 radical (unpaired) electrons.